The van der Waals surface area contributed by atoms with Crippen molar-refractivity contribution in [3.63, 3.8) is 0 Å². The molecule has 2 N–H and O–H groups in total. The third-order valence-electron chi connectivity index (χ3n) is 5.05. The van der Waals surface area contributed by atoms with E-state index in [1.54, 1.807) is 0 Å². The lowest BCUT2D eigenvalue weighted by molar-refractivity contribution is 0.191. The fourth-order valence-corrected chi connectivity index (χ4v) is 3.55. The van der Waals surface area contributed by atoms with Crippen molar-refractivity contribution in [3.05, 3.63) is 35.4 Å². The fourth-order valence-electron chi connectivity index (χ4n) is 3.55. The van der Waals surface area contributed by atoms with Crippen molar-refractivity contribution in [2.75, 3.05) is 32.7 Å². The van der Waals surface area contributed by atoms with Gasteiger partial charge in [-0.1, -0.05) is 31.2 Å². The Bertz CT molecular complexity index is 438. The normalized spacial score (nSPS) is 24.5. The summed E-state index contributed by atoms with van der Waals surface area (Å²) in [6.07, 6.45) is 3.93. The second kappa shape index (κ2) is 7.39. The van der Waals surface area contributed by atoms with Crippen LogP contribution in [0.1, 0.15) is 43.4 Å². The lowest BCUT2D eigenvalue weighted by Gasteiger charge is -2.30. The molecule has 0 amide bonds. The zero-order chi connectivity index (χ0) is 14.5. The molecule has 0 radical (unpaired) electrons. The summed E-state index contributed by atoms with van der Waals surface area (Å²) < 4.78 is 0. The lowest BCUT2D eigenvalue weighted by atomic mass is 9.98. The summed E-state index contributed by atoms with van der Waals surface area (Å²) in [5.41, 5.74) is 2.95. The van der Waals surface area contributed by atoms with Crippen LogP contribution >= 0.6 is 0 Å². The van der Waals surface area contributed by atoms with E-state index in [9.17, 15) is 0 Å². The van der Waals surface area contributed by atoms with Crippen LogP contribution in [0.2, 0.25) is 0 Å². The zero-order valence-electron chi connectivity index (χ0n) is 13.3. The highest BCUT2D eigenvalue weighted by Crippen LogP contribution is 2.23. The van der Waals surface area contributed by atoms with E-state index in [-0.39, 0.29) is 0 Å². The molecular weight excluding hydrogens is 258 g/mol. The summed E-state index contributed by atoms with van der Waals surface area (Å²) >= 11 is 0. The molecule has 3 rings (SSSR count). The first kappa shape index (κ1) is 15.0. The van der Waals surface area contributed by atoms with Crippen molar-refractivity contribution >= 4 is 0 Å². The Morgan fingerprint density at radius 2 is 2.00 bits per heavy atom. The second-order valence-corrected chi connectivity index (χ2v) is 6.70. The van der Waals surface area contributed by atoms with Crippen LogP contribution in [0.3, 0.4) is 0 Å². The van der Waals surface area contributed by atoms with Gasteiger partial charge in [-0.2, -0.15) is 0 Å². The number of hydrogen-bond acceptors (Lipinski definition) is 3. The van der Waals surface area contributed by atoms with Crippen LogP contribution in [0.25, 0.3) is 0 Å². The van der Waals surface area contributed by atoms with Gasteiger partial charge in [-0.3, -0.25) is 0 Å². The van der Waals surface area contributed by atoms with Crippen LogP contribution in [0.15, 0.2) is 24.3 Å². The largest absolute Gasteiger partial charge is 0.313 e. The Morgan fingerprint density at radius 3 is 2.86 bits per heavy atom. The van der Waals surface area contributed by atoms with Crippen molar-refractivity contribution in [2.24, 2.45) is 5.92 Å². The van der Waals surface area contributed by atoms with Gasteiger partial charge < -0.3 is 15.5 Å². The maximum absolute atomic E-state index is 3.79. The maximum Gasteiger partial charge on any atom is 0.0336 e. The van der Waals surface area contributed by atoms with E-state index < -0.39 is 0 Å². The van der Waals surface area contributed by atoms with Crippen molar-refractivity contribution in [1.29, 1.82) is 0 Å². The highest BCUT2D eigenvalue weighted by atomic mass is 15.1. The number of rotatable bonds is 4. The number of nitrogens with zero attached hydrogens (tertiary/aromatic N) is 1. The molecule has 2 heterocycles. The number of hydrogen-bond donors (Lipinski definition) is 2. The minimum Gasteiger partial charge on any atom is -0.313 e. The van der Waals surface area contributed by atoms with Crippen LogP contribution in [-0.2, 0) is 6.54 Å². The predicted octanol–water partition coefficient (Wildman–Crippen LogP) is 2.54. The first-order valence-corrected chi connectivity index (χ1v) is 8.57. The van der Waals surface area contributed by atoms with Crippen LogP contribution < -0.4 is 10.6 Å². The molecule has 3 heteroatoms. The molecule has 0 aliphatic carbocycles. The molecule has 0 spiro atoms. The van der Waals surface area contributed by atoms with Crippen molar-refractivity contribution in [2.45, 2.75) is 38.8 Å². The molecule has 1 saturated heterocycles. The number of benzene rings is 1. The van der Waals surface area contributed by atoms with E-state index in [0.29, 0.717) is 6.04 Å². The van der Waals surface area contributed by atoms with Gasteiger partial charge in [-0.25, -0.2) is 0 Å². The summed E-state index contributed by atoms with van der Waals surface area (Å²) in [6.45, 7) is 9.36. The molecule has 0 aromatic heterocycles. The highest BCUT2D eigenvalue weighted by Gasteiger charge is 2.19. The van der Waals surface area contributed by atoms with E-state index in [4.69, 9.17) is 0 Å². The number of nitrogens with one attached hydrogen (secondary N) is 2. The van der Waals surface area contributed by atoms with E-state index in [0.717, 1.165) is 25.6 Å². The van der Waals surface area contributed by atoms with Crippen LogP contribution in [0.4, 0.5) is 0 Å². The first-order valence-electron chi connectivity index (χ1n) is 8.57. The van der Waals surface area contributed by atoms with E-state index >= 15 is 0 Å². The molecule has 0 saturated carbocycles. The van der Waals surface area contributed by atoms with Crippen LogP contribution in [0, 0.1) is 5.92 Å². The topological polar surface area (TPSA) is 27.3 Å². The molecule has 0 bridgehead atoms. The average Bonchev–Trinajstić information content (AvgIpc) is 2.72. The van der Waals surface area contributed by atoms with Gasteiger partial charge >= 0.3 is 0 Å². The van der Waals surface area contributed by atoms with Gasteiger partial charge in [0, 0.05) is 25.7 Å². The summed E-state index contributed by atoms with van der Waals surface area (Å²) in [6, 6.07) is 9.39. The van der Waals surface area contributed by atoms with Crippen molar-refractivity contribution < 1.29 is 0 Å². The molecule has 116 valence electrons. The Hall–Kier alpha value is -0.900. The molecule has 1 aromatic carbocycles. The summed E-state index contributed by atoms with van der Waals surface area (Å²) in [5, 5.41) is 7.32. The predicted molar refractivity (Wildman–Crippen MR) is 88.3 cm³/mol. The molecule has 21 heavy (non-hydrogen) atoms. The van der Waals surface area contributed by atoms with Gasteiger partial charge in [-0.05, 0) is 55.9 Å². The monoisotopic (exact) mass is 287 g/mol. The van der Waals surface area contributed by atoms with Gasteiger partial charge in [0.25, 0.3) is 0 Å². The van der Waals surface area contributed by atoms with E-state index in [1.165, 1.54) is 50.0 Å². The third kappa shape index (κ3) is 4.06. The summed E-state index contributed by atoms with van der Waals surface area (Å²) in [4.78, 5) is 2.62. The van der Waals surface area contributed by atoms with Gasteiger partial charge in [0.05, 0.1) is 0 Å². The van der Waals surface area contributed by atoms with E-state index in [2.05, 4.69) is 46.7 Å². The second-order valence-electron chi connectivity index (χ2n) is 6.70. The van der Waals surface area contributed by atoms with Gasteiger partial charge in [-0.15, -0.1) is 0 Å². The smallest absolute Gasteiger partial charge is 0.0336 e. The molecule has 2 aliphatic heterocycles. The molecule has 3 nitrogen and oxygen atoms in total. The molecule has 1 unspecified atom stereocenters. The van der Waals surface area contributed by atoms with Crippen molar-refractivity contribution in [3.8, 4) is 0 Å². The number of fused-ring (bicyclic) bond motifs is 1. The van der Waals surface area contributed by atoms with Crippen LogP contribution in [0.5, 0.6) is 0 Å². The SMILES string of the molecule is CC1CCN(CCNC2CCNCc3ccccc32)CC1. The Labute approximate surface area is 129 Å². The van der Waals surface area contributed by atoms with Gasteiger partial charge in [0.15, 0.2) is 0 Å². The molecule has 2 aliphatic rings. The number of likely N-dealkylation sites (tertiary alicyclic amines) is 1. The molecular formula is C18H29N3. The fraction of sp³-hybridized carbons (Fsp3) is 0.667. The highest BCUT2D eigenvalue weighted by molar-refractivity contribution is 5.30. The van der Waals surface area contributed by atoms with Crippen molar-refractivity contribution in [1.82, 2.24) is 15.5 Å². The number of piperidine rings is 1. The summed E-state index contributed by atoms with van der Waals surface area (Å²) in [5.74, 6) is 0.925. The summed E-state index contributed by atoms with van der Waals surface area (Å²) in [7, 11) is 0. The van der Waals surface area contributed by atoms with Crippen LogP contribution in [-0.4, -0.2) is 37.6 Å². The lowest BCUT2D eigenvalue weighted by Crippen LogP contribution is -2.38. The quantitative estimate of drug-likeness (QED) is 0.891. The Balaban J connectivity index is 1.51. The maximum atomic E-state index is 3.79. The Morgan fingerprint density at radius 1 is 1.19 bits per heavy atom. The van der Waals surface area contributed by atoms with Gasteiger partial charge in [0.1, 0.15) is 0 Å². The third-order valence-corrected chi connectivity index (χ3v) is 5.05. The van der Waals surface area contributed by atoms with Gasteiger partial charge in [0.2, 0.25) is 0 Å². The van der Waals surface area contributed by atoms with E-state index in [1.807, 2.05) is 0 Å². The Kier molecular flexibility index (Phi) is 5.28. The molecule has 1 aromatic rings. The first-order chi connectivity index (χ1) is 10.3. The molecule has 1 fully saturated rings. The molecule has 1 atom stereocenters. The standard InChI is InChI=1S/C18H29N3/c1-15-7-11-21(12-8-15)13-10-20-18-6-9-19-14-16-4-2-3-5-17(16)18/h2-5,15,18-20H,6-14H2,1H3. The minimum absolute atomic E-state index is 0.514. The average molecular weight is 287 g/mol. The zero-order valence-corrected chi connectivity index (χ0v) is 13.3. The minimum atomic E-state index is 0.514.